The molecule has 0 aliphatic rings. The fraction of sp³-hybridized carbons (Fsp3) is 0.231. The molecule has 0 aliphatic heterocycles. The third kappa shape index (κ3) is 2.78. The molecule has 3 nitrogen and oxygen atoms in total. The second-order valence-corrected chi connectivity index (χ2v) is 3.98. The van der Waals surface area contributed by atoms with E-state index in [2.05, 4.69) is 29.0 Å². The molecule has 1 aromatic carbocycles. The highest BCUT2D eigenvalue weighted by atomic mass is 19.1. The summed E-state index contributed by atoms with van der Waals surface area (Å²) in [7, 11) is 1.88. The van der Waals surface area contributed by atoms with E-state index in [4.69, 9.17) is 0 Å². The van der Waals surface area contributed by atoms with Crippen LogP contribution in [-0.2, 0) is 6.54 Å². The van der Waals surface area contributed by atoms with E-state index in [1.807, 2.05) is 24.1 Å². The van der Waals surface area contributed by atoms with E-state index in [1.165, 1.54) is 23.5 Å². The molecule has 0 bridgehead atoms. The summed E-state index contributed by atoms with van der Waals surface area (Å²) in [4.78, 5) is 9.38. The number of aromatic nitrogens is 2. The molecule has 0 radical (unpaired) electrons. The summed E-state index contributed by atoms with van der Waals surface area (Å²) < 4.78 is 13.0. The molecule has 0 spiro atoms. The van der Waals surface area contributed by atoms with Crippen LogP contribution in [-0.4, -0.2) is 17.0 Å². The van der Waals surface area contributed by atoms with Crippen molar-refractivity contribution in [2.45, 2.75) is 13.5 Å². The Morgan fingerprint density at radius 2 is 2.00 bits per heavy atom. The second kappa shape index (κ2) is 4.91. The molecule has 88 valence electrons. The van der Waals surface area contributed by atoms with Gasteiger partial charge in [-0.15, -0.1) is 0 Å². The fourth-order valence-electron chi connectivity index (χ4n) is 1.66. The van der Waals surface area contributed by atoms with Crippen LogP contribution in [0.15, 0.2) is 36.7 Å². The van der Waals surface area contributed by atoms with Crippen LogP contribution in [0, 0.1) is 12.9 Å². The van der Waals surface area contributed by atoms with Crippen LogP contribution in [0.4, 0.5) is 10.2 Å². The van der Waals surface area contributed by atoms with Crippen molar-refractivity contribution in [3.05, 3.63) is 53.7 Å². The first-order valence-corrected chi connectivity index (χ1v) is 5.40. The standard InChI is InChI=1S/C13H14FN3/c1-10-5-3-4-6-11(10)8-17(2)13-7-12(14)15-9-16-13/h3-7,9H,8H2,1-2H3. The van der Waals surface area contributed by atoms with Crippen LogP contribution in [0.5, 0.6) is 0 Å². The number of anilines is 1. The van der Waals surface area contributed by atoms with Crippen LogP contribution >= 0.6 is 0 Å². The van der Waals surface area contributed by atoms with Gasteiger partial charge in [0.2, 0.25) is 5.95 Å². The molecule has 1 heterocycles. The van der Waals surface area contributed by atoms with Gasteiger partial charge in [-0.1, -0.05) is 24.3 Å². The summed E-state index contributed by atoms with van der Waals surface area (Å²) in [5, 5.41) is 0. The third-order valence-electron chi connectivity index (χ3n) is 2.68. The summed E-state index contributed by atoms with van der Waals surface area (Å²) in [6.45, 7) is 2.76. The summed E-state index contributed by atoms with van der Waals surface area (Å²) in [5.74, 6) is 0.0763. The maximum Gasteiger partial charge on any atom is 0.218 e. The molecule has 0 unspecified atom stereocenters. The molecule has 0 saturated carbocycles. The highest BCUT2D eigenvalue weighted by Gasteiger charge is 2.06. The summed E-state index contributed by atoms with van der Waals surface area (Å²) in [6.07, 6.45) is 1.24. The molecule has 0 atom stereocenters. The van der Waals surface area contributed by atoms with Crippen molar-refractivity contribution >= 4 is 5.82 Å². The quantitative estimate of drug-likeness (QED) is 0.760. The van der Waals surface area contributed by atoms with Crippen molar-refractivity contribution < 1.29 is 4.39 Å². The zero-order valence-corrected chi connectivity index (χ0v) is 9.89. The molecule has 17 heavy (non-hydrogen) atoms. The van der Waals surface area contributed by atoms with E-state index in [-0.39, 0.29) is 0 Å². The SMILES string of the molecule is Cc1ccccc1CN(C)c1cc(F)ncn1. The lowest BCUT2D eigenvalue weighted by atomic mass is 10.1. The van der Waals surface area contributed by atoms with Crippen LogP contribution in [0.1, 0.15) is 11.1 Å². The number of halogens is 1. The smallest absolute Gasteiger partial charge is 0.218 e. The maximum atomic E-state index is 13.0. The lowest BCUT2D eigenvalue weighted by molar-refractivity contribution is 0.578. The zero-order valence-electron chi connectivity index (χ0n) is 9.89. The van der Waals surface area contributed by atoms with Gasteiger partial charge in [0, 0.05) is 19.7 Å². The Kier molecular flexibility index (Phi) is 3.32. The van der Waals surface area contributed by atoms with Crippen molar-refractivity contribution in [1.29, 1.82) is 0 Å². The number of aryl methyl sites for hydroxylation is 1. The minimum atomic E-state index is -0.508. The molecule has 2 aromatic rings. The molecular formula is C13H14FN3. The lowest BCUT2D eigenvalue weighted by Crippen LogP contribution is -2.18. The fourth-order valence-corrected chi connectivity index (χ4v) is 1.66. The predicted octanol–water partition coefficient (Wildman–Crippen LogP) is 2.56. The highest BCUT2D eigenvalue weighted by molar-refractivity contribution is 5.38. The predicted molar refractivity (Wildman–Crippen MR) is 65.3 cm³/mol. The van der Waals surface area contributed by atoms with Crippen molar-refractivity contribution in [2.24, 2.45) is 0 Å². The maximum absolute atomic E-state index is 13.0. The highest BCUT2D eigenvalue weighted by Crippen LogP contribution is 2.14. The first-order chi connectivity index (χ1) is 8.16. The first-order valence-electron chi connectivity index (χ1n) is 5.40. The normalized spacial score (nSPS) is 10.3. The largest absolute Gasteiger partial charge is 0.355 e. The van der Waals surface area contributed by atoms with Gasteiger partial charge in [-0.25, -0.2) is 9.97 Å². The van der Waals surface area contributed by atoms with Gasteiger partial charge in [0.1, 0.15) is 12.1 Å². The number of nitrogens with zero attached hydrogens (tertiary/aromatic N) is 3. The number of hydrogen-bond acceptors (Lipinski definition) is 3. The van der Waals surface area contributed by atoms with Crippen molar-refractivity contribution in [2.75, 3.05) is 11.9 Å². The van der Waals surface area contributed by atoms with Crippen LogP contribution < -0.4 is 4.90 Å². The van der Waals surface area contributed by atoms with Crippen molar-refractivity contribution in [3.63, 3.8) is 0 Å². The first kappa shape index (κ1) is 11.5. The summed E-state index contributed by atoms with van der Waals surface area (Å²) in [5.41, 5.74) is 2.42. The van der Waals surface area contributed by atoms with Crippen molar-refractivity contribution in [1.82, 2.24) is 9.97 Å². The van der Waals surface area contributed by atoms with Gasteiger partial charge in [0.15, 0.2) is 0 Å². The molecule has 0 fully saturated rings. The molecule has 0 amide bonds. The van der Waals surface area contributed by atoms with Crippen LogP contribution in [0.2, 0.25) is 0 Å². The Bertz CT molecular complexity index is 514. The van der Waals surface area contributed by atoms with E-state index in [0.29, 0.717) is 12.4 Å². The van der Waals surface area contributed by atoms with Gasteiger partial charge in [-0.2, -0.15) is 4.39 Å². The van der Waals surface area contributed by atoms with Gasteiger partial charge in [-0.3, -0.25) is 0 Å². The monoisotopic (exact) mass is 231 g/mol. The van der Waals surface area contributed by atoms with Crippen LogP contribution in [0.3, 0.4) is 0 Å². The van der Waals surface area contributed by atoms with Gasteiger partial charge in [0.05, 0.1) is 0 Å². The van der Waals surface area contributed by atoms with Gasteiger partial charge >= 0.3 is 0 Å². The number of hydrogen-bond donors (Lipinski definition) is 0. The zero-order chi connectivity index (χ0) is 12.3. The molecular weight excluding hydrogens is 217 g/mol. The molecule has 4 heteroatoms. The summed E-state index contributed by atoms with van der Waals surface area (Å²) in [6, 6.07) is 9.45. The van der Waals surface area contributed by atoms with Crippen molar-refractivity contribution in [3.8, 4) is 0 Å². The topological polar surface area (TPSA) is 29.0 Å². The Balaban J connectivity index is 2.17. The Morgan fingerprint density at radius 3 is 2.71 bits per heavy atom. The average molecular weight is 231 g/mol. The Labute approximate surface area is 99.9 Å². The average Bonchev–Trinajstić information content (AvgIpc) is 2.32. The van der Waals surface area contributed by atoms with Gasteiger partial charge in [0.25, 0.3) is 0 Å². The minimum Gasteiger partial charge on any atom is -0.355 e. The Hall–Kier alpha value is -1.97. The van der Waals surface area contributed by atoms with Gasteiger partial charge in [-0.05, 0) is 18.1 Å². The lowest BCUT2D eigenvalue weighted by Gasteiger charge is -2.18. The van der Waals surface area contributed by atoms with E-state index < -0.39 is 5.95 Å². The second-order valence-electron chi connectivity index (χ2n) is 3.98. The molecule has 0 N–H and O–H groups in total. The molecule has 1 aromatic heterocycles. The van der Waals surface area contributed by atoms with E-state index >= 15 is 0 Å². The van der Waals surface area contributed by atoms with E-state index in [0.717, 1.165) is 0 Å². The van der Waals surface area contributed by atoms with Crippen LogP contribution in [0.25, 0.3) is 0 Å². The van der Waals surface area contributed by atoms with E-state index in [1.54, 1.807) is 0 Å². The summed E-state index contributed by atoms with van der Waals surface area (Å²) >= 11 is 0. The molecule has 0 saturated heterocycles. The third-order valence-corrected chi connectivity index (χ3v) is 2.68. The molecule has 2 rings (SSSR count). The minimum absolute atomic E-state index is 0.508. The van der Waals surface area contributed by atoms with Gasteiger partial charge < -0.3 is 4.90 Å². The van der Waals surface area contributed by atoms with E-state index in [9.17, 15) is 4.39 Å². The number of benzene rings is 1. The Morgan fingerprint density at radius 1 is 1.24 bits per heavy atom. The number of rotatable bonds is 3. The molecule has 0 aliphatic carbocycles.